The highest BCUT2D eigenvalue weighted by molar-refractivity contribution is 5.96. The molecule has 0 aliphatic rings. The number of ether oxygens (including phenoxy) is 1. The molecule has 1 aromatic rings. The van der Waals surface area contributed by atoms with Gasteiger partial charge in [0.2, 0.25) is 5.91 Å². The van der Waals surface area contributed by atoms with Crippen LogP contribution in [0.4, 0.5) is 4.39 Å². The first-order chi connectivity index (χ1) is 9.93. The quantitative estimate of drug-likeness (QED) is 0.779. The molecule has 0 atom stereocenters. The van der Waals surface area contributed by atoms with Gasteiger partial charge in [-0.05, 0) is 25.1 Å². The van der Waals surface area contributed by atoms with Crippen molar-refractivity contribution in [3.8, 4) is 0 Å². The van der Waals surface area contributed by atoms with E-state index in [4.69, 9.17) is 4.74 Å². The number of rotatable bonds is 6. The summed E-state index contributed by atoms with van der Waals surface area (Å²) in [7, 11) is 1.42. The molecule has 0 heterocycles. The molecule has 1 N–H and O–H groups in total. The lowest BCUT2D eigenvalue weighted by Crippen LogP contribution is -2.40. The molecule has 0 aliphatic carbocycles. The molecule has 0 radical (unpaired) electrons. The molecule has 0 saturated heterocycles. The largest absolute Gasteiger partial charge is 0.465 e. The Morgan fingerprint density at radius 1 is 1.33 bits per heavy atom. The fourth-order valence-electron chi connectivity index (χ4n) is 1.51. The van der Waals surface area contributed by atoms with Gasteiger partial charge in [0.25, 0.3) is 5.91 Å². The molecule has 1 aromatic carbocycles. The van der Waals surface area contributed by atoms with E-state index >= 15 is 0 Å². The molecular formula is C14H17FN2O4. The lowest BCUT2D eigenvalue weighted by Gasteiger charge is -2.16. The highest BCUT2D eigenvalue weighted by Crippen LogP contribution is 2.02. The fraction of sp³-hybridized carbons (Fsp3) is 0.357. The third kappa shape index (κ3) is 5.60. The minimum atomic E-state index is -0.563. The second kappa shape index (κ2) is 7.98. The van der Waals surface area contributed by atoms with Crippen molar-refractivity contribution < 1.29 is 23.5 Å². The Balaban J connectivity index is 2.45. The van der Waals surface area contributed by atoms with Crippen molar-refractivity contribution in [1.82, 2.24) is 10.2 Å². The van der Waals surface area contributed by atoms with Gasteiger partial charge in [-0.3, -0.25) is 14.4 Å². The summed E-state index contributed by atoms with van der Waals surface area (Å²) in [5.41, 5.74) is 0.121. The minimum Gasteiger partial charge on any atom is -0.465 e. The van der Waals surface area contributed by atoms with Gasteiger partial charge < -0.3 is 15.0 Å². The summed E-state index contributed by atoms with van der Waals surface area (Å²) >= 11 is 0. The third-order valence-corrected chi connectivity index (χ3v) is 2.58. The number of likely N-dealkylation sites (N-methyl/N-ethyl adjacent to an activating group) is 1. The standard InChI is InChI=1S/C14H17FN2O4/c1-3-21-13(19)9-17(2)12(18)8-16-14(20)10-5-4-6-11(15)7-10/h4-7H,3,8-9H2,1-2H3,(H,16,20). The maximum Gasteiger partial charge on any atom is 0.325 e. The predicted octanol–water partition coefficient (Wildman–Crippen LogP) is 0.577. The SMILES string of the molecule is CCOC(=O)CN(C)C(=O)CNC(=O)c1cccc(F)c1. The first-order valence-corrected chi connectivity index (χ1v) is 6.37. The molecule has 21 heavy (non-hydrogen) atoms. The summed E-state index contributed by atoms with van der Waals surface area (Å²) in [6.07, 6.45) is 0. The van der Waals surface area contributed by atoms with E-state index in [1.165, 1.54) is 25.2 Å². The molecule has 0 fully saturated rings. The molecule has 0 spiro atoms. The van der Waals surface area contributed by atoms with E-state index in [2.05, 4.69) is 5.32 Å². The van der Waals surface area contributed by atoms with E-state index in [1.54, 1.807) is 6.92 Å². The molecule has 0 aliphatic heterocycles. The van der Waals surface area contributed by atoms with Crippen LogP contribution in [-0.2, 0) is 14.3 Å². The van der Waals surface area contributed by atoms with Crippen LogP contribution in [0.3, 0.4) is 0 Å². The Labute approximate surface area is 121 Å². The summed E-state index contributed by atoms with van der Waals surface area (Å²) in [4.78, 5) is 35.8. The number of nitrogens with one attached hydrogen (secondary N) is 1. The van der Waals surface area contributed by atoms with E-state index in [9.17, 15) is 18.8 Å². The number of carbonyl (C=O) groups excluding carboxylic acids is 3. The summed E-state index contributed by atoms with van der Waals surface area (Å²) < 4.78 is 17.7. The highest BCUT2D eigenvalue weighted by atomic mass is 19.1. The second-order valence-corrected chi connectivity index (χ2v) is 4.25. The van der Waals surface area contributed by atoms with Crippen molar-refractivity contribution in [2.75, 3.05) is 26.7 Å². The number of halogens is 1. The van der Waals surface area contributed by atoms with Gasteiger partial charge in [-0.1, -0.05) is 6.07 Å². The normalized spacial score (nSPS) is 9.86. The third-order valence-electron chi connectivity index (χ3n) is 2.58. The monoisotopic (exact) mass is 296 g/mol. The van der Waals surface area contributed by atoms with E-state index in [0.717, 1.165) is 11.0 Å². The zero-order valence-electron chi connectivity index (χ0n) is 11.9. The van der Waals surface area contributed by atoms with Gasteiger partial charge in [-0.15, -0.1) is 0 Å². The highest BCUT2D eigenvalue weighted by Gasteiger charge is 2.15. The van der Waals surface area contributed by atoms with Gasteiger partial charge in [0.05, 0.1) is 13.2 Å². The number of hydrogen-bond acceptors (Lipinski definition) is 4. The Kier molecular flexibility index (Phi) is 6.32. The molecule has 0 bridgehead atoms. The number of esters is 1. The van der Waals surface area contributed by atoms with Crippen LogP contribution >= 0.6 is 0 Å². The average Bonchev–Trinajstić information content (AvgIpc) is 2.44. The Hall–Kier alpha value is -2.44. The van der Waals surface area contributed by atoms with Crippen LogP contribution in [-0.4, -0.2) is 49.4 Å². The van der Waals surface area contributed by atoms with Crippen LogP contribution in [0.2, 0.25) is 0 Å². The fourth-order valence-corrected chi connectivity index (χ4v) is 1.51. The van der Waals surface area contributed by atoms with Crippen LogP contribution in [0.15, 0.2) is 24.3 Å². The minimum absolute atomic E-state index is 0.121. The van der Waals surface area contributed by atoms with Gasteiger partial charge in [-0.25, -0.2) is 4.39 Å². The maximum atomic E-state index is 13.0. The maximum absolute atomic E-state index is 13.0. The topological polar surface area (TPSA) is 75.7 Å². The van der Waals surface area contributed by atoms with Gasteiger partial charge in [-0.2, -0.15) is 0 Å². The van der Waals surface area contributed by atoms with Gasteiger partial charge in [0.1, 0.15) is 12.4 Å². The number of benzene rings is 1. The van der Waals surface area contributed by atoms with E-state index in [1.807, 2.05) is 0 Å². The van der Waals surface area contributed by atoms with Crippen molar-refractivity contribution >= 4 is 17.8 Å². The number of hydrogen-bond donors (Lipinski definition) is 1. The molecule has 2 amide bonds. The van der Waals surface area contributed by atoms with Crippen LogP contribution < -0.4 is 5.32 Å². The Morgan fingerprint density at radius 2 is 2.05 bits per heavy atom. The predicted molar refractivity (Wildman–Crippen MR) is 73.0 cm³/mol. The zero-order valence-corrected chi connectivity index (χ0v) is 11.9. The summed E-state index contributed by atoms with van der Waals surface area (Å²) in [6, 6.07) is 5.13. The summed E-state index contributed by atoms with van der Waals surface area (Å²) in [5, 5.41) is 2.36. The molecule has 0 aromatic heterocycles. The Bertz CT molecular complexity index is 533. The lowest BCUT2D eigenvalue weighted by molar-refractivity contribution is -0.147. The number of carbonyl (C=O) groups is 3. The van der Waals surface area contributed by atoms with Crippen LogP contribution in [0.25, 0.3) is 0 Å². The summed E-state index contributed by atoms with van der Waals surface area (Å²) in [6.45, 7) is 1.42. The first-order valence-electron chi connectivity index (χ1n) is 6.37. The van der Waals surface area contributed by atoms with E-state index in [0.29, 0.717) is 0 Å². The van der Waals surface area contributed by atoms with Crippen LogP contribution in [0, 0.1) is 5.82 Å². The van der Waals surface area contributed by atoms with Gasteiger partial charge >= 0.3 is 5.97 Å². The molecule has 0 saturated carbocycles. The zero-order chi connectivity index (χ0) is 15.8. The molecular weight excluding hydrogens is 279 g/mol. The van der Waals surface area contributed by atoms with Gasteiger partial charge in [0, 0.05) is 12.6 Å². The molecule has 7 heteroatoms. The second-order valence-electron chi connectivity index (χ2n) is 4.25. The van der Waals surface area contributed by atoms with Crippen LogP contribution in [0.1, 0.15) is 17.3 Å². The number of amides is 2. The average molecular weight is 296 g/mol. The Morgan fingerprint density at radius 3 is 2.67 bits per heavy atom. The molecule has 0 unspecified atom stereocenters. The van der Waals surface area contributed by atoms with Crippen molar-refractivity contribution in [3.05, 3.63) is 35.6 Å². The van der Waals surface area contributed by atoms with E-state index in [-0.39, 0.29) is 25.3 Å². The van der Waals surface area contributed by atoms with Crippen molar-refractivity contribution in [2.24, 2.45) is 0 Å². The van der Waals surface area contributed by atoms with Crippen molar-refractivity contribution in [2.45, 2.75) is 6.92 Å². The smallest absolute Gasteiger partial charge is 0.325 e. The molecule has 1 rings (SSSR count). The van der Waals surface area contributed by atoms with Crippen molar-refractivity contribution in [1.29, 1.82) is 0 Å². The summed E-state index contributed by atoms with van der Waals surface area (Å²) in [5.74, 6) is -2.07. The van der Waals surface area contributed by atoms with E-state index < -0.39 is 23.6 Å². The number of nitrogens with zero attached hydrogens (tertiary/aromatic N) is 1. The lowest BCUT2D eigenvalue weighted by atomic mass is 10.2. The van der Waals surface area contributed by atoms with Gasteiger partial charge in [0.15, 0.2) is 0 Å². The van der Waals surface area contributed by atoms with Crippen LogP contribution in [0.5, 0.6) is 0 Å². The molecule has 114 valence electrons. The van der Waals surface area contributed by atoms with Crippen molar-refractivity contribution in [3.63, 3.8) is 0 Å². The first kappa shape index (κ1) is 16.6. The molecule has 6 nitrogen and oxygen atoms in total.